The first-order chi connectivity index (χ1) is 11.1. The average molecular weight is 318 g/mol. The van der Waals surface area contributed by atoms with E-state index >= 15 is 0 Å². The summed E-state index contributed by atoms with van der Waals surface area (Å²) >= 11 is 0. The number of rotatable bonds is 4. The molecule has 2 atom stereocenters. The highest BCUT2D eigenvalue weighted by Crippen LogP contribution is 2.39. The topological polar surface area (TPSA) is 95.9 Å². The molecule has 0 spiro atoms. The number of anilines is 1. The Morgan fingerprint density at radius 3 is 2.30 bits per heavy atom. The molecule has 7 nitrogen and oxygen atoms in total. The third-order valence-electron chi connectivity index (χ3n) is 4.14. The monoisotopic (exact) mass is 318 g/mol. The van der Waals surface area contributed by atoms with E-state index in [-0.39, 0.29) is 11.8 Å². The predicted molar refractivity (Wildman–Crippen MR) is 81.0 cm³/mol. The van der Waals surface area contributed by atoms with Gasteiger partial charge >= 0.3 is 5.97 Å². The molecule has 0 aromatic heterocycles. The van der Waals surface area contributed by atoms with Crippen LogP contribution in [0.1, 0.15) is 16.8 Å². The number of hydrogen-bond donors (Lipinski definition) is 2. The Labute approximate surface area is 133 Å². The van der Waals surface area contributed by atoms with Crippen LogP contribution in [0, 0.1) is 11.8 Å². The molecule has 1 aliphatic carbocycles. The molecule has 1 heterocycles. The van der Waals surface area contributed by atoms with Crippen LogP contribution in [0.15, 0.2) is 24.3 Å². The zero-order chi connectivity index (χ0) is 16.4. The second-order valence-electron chi connectivity index (χ2n) is 5.76. The molecule has 2 aliphatic rings. The van der Waals surface area contributed by atoms with Crippen LogP contribution in [-0.4, -0.2) is 54.1 Å². The van der Waals surface area contributed by atoms with Crippen molar-refractivity contribution in [3.05, 3.63) is 29.8 Å². The van der Waals surface area contributed by atoms with Gasteiger partial charge in [0.25, 0.3) is 5.91 Å². The maximum atomic E-state index is 12.3. The first-order valence-corrected chi connectivity index (χ1v) is 7.57. The van der Waals surface area contributed by atoms with Gasteiger partial charge in [-0.05, 0) is 30.7 Å². The van der Waals surface area contributed by atoms with Gasteiger partial charge in [0.1, 0.15) is 0 Å². The molecule has 3 rings (SSSR count). The SMILES string of the molecule is O=C(O)C1CC1C(=O)Nc1ccc(C(=O)N2CCOCC2)cc1. The Balaban J connectivity index is 1.58. The molecule has 1 aliphatic heterocycles. The van der Waals surface area contributed by atoms with Crippen LogP contribution in [0.2, 0.25) is 0 Å². The second-order valence-corrected chi connectivity index (χ2v) is 5.76. The summed E-state index contributed by atoms with van der Waals surface area (Å²) in [6.45, 7) is 2.25. The zero-order valence-corrected chi connectivity index (χ0v) is 12.5. The first-order valence-electron chi connectivity index (χ1n) is 7.57. The molecule has 1 aromatic carbocycles. The smallest absolute Gasteiger partial charge is 0.307 e. The summed E-state index contributed by atoms with van der Waals surface area (Å²) in [6, 6.07) is 6.64. The minimum absolute atomic E-state index is 0.0562. The molecule has 2 N–H and O–H groups in total. The number of hydrogen-bond acceptors (Lipinski definition) is 4. The van der Waals surface area contributed by atoms with Gasteiger partial charge in [-0.3, -0.25) is 14.4 Å². The molecule has 1 saturated carbocycles. The maximum Gasteiger partial charge on any atom is 0.307 e. The summed E-state index contributed by atoms with van der Waals surface area (Å²) in [5, 5.41) is 11.5. The Morgan fingerprint density at radius 1 is 1.09 bits per heavy atom. The summed E-state index contributed by atoms with van der Waals surface area (Å²) in [7, 11) is 0. The molecule has 122 valence electrons. The van der Waals surface area contributed by atoms with E-state index in [1.54, 1.807) is 29.2 Å². The summed E-state index contributed by atoms with van der Waals surface area (Å²) in [6.07, 6.45) is 0.384. The number of carbonyl (C=O) groups excluding carboxylic acids is 2. The Bertz CT molecular complexity index is 622. The van der Waals surface area contributed by atoms with Crippen molar-refractivity contribution in [3.8, 4) is 0 Å². The van der Waals surface area contributed by atoms with Crippen molar-refractivity contribution >= 4 is 23.5 Å². The third kappa shape index (κ3) is 3.50. The molecule has 1 aromatic rings. The van der Waals surface area contributed by atoms with Crippen LogP contribution in [0.3, 0.4) is 0 Å². The van der Waals surface area contributed by atoms with E-state index < -0.39 is 17.8 Å². The highest BCUT2D eigenvalue weighted by Gasteiger charge is 2.48. The summed E-state index contributed by atoms with van der Waals surface area (Å²) < 4.78 is 5.22. The van der Waals surface area contributed by atoms with E-state index in [4.69, 9.17) is 9.84 Å². The highest BCUT2D eigenvalue weighted by molar-refractivity contribution is 5.99. The Morgan fingerprint density at radius 2 is 1.74 bits per heavy atom. The average Bonchev–Trinajstić information content (AvgIpc) is 3.37. The number of carbonyl (C=O) groups is 3. The van der Waals surface area contributed by atoms with Crippen LogP contribution in [0.4, 0.5) is 5.69 Å². The predicted octanol–water partition coefficient (Wildman–Crippen LogP) is 0.818. The van der Waals surface area contributed by atoms with Gasteiger partial charge < -0.3 is 20.1 Å². The van der Waals surface area contributed by atoms with Crippen molar-refractivity contribution in [2.24, 2.45) is 11.8 Å². The van der Waals surface area contributed by atoms with Crippen molar-refractivity contribution in [2.45, 2.75) is 6.42 Å². The van der Waals surface area contributed by atoms with Crippen LogP contribution in [0.5, 0.6) is 0 Å². The summed E-state index contributed by atoms with van der Waals surface area (Å²) in [5.74, 6) is -2.31. The fourth-order valence-corrected chi connectivity index (χ4v) is 2.64. The fourth-order valence-electron chi connectivity index (χ4n) is 2.64. The Hall–Kier alpha value is -2.41. The number of benzene rings is 1. The lowest BCUT2D eigenvalue weighted by atomic mass is 10.1. The van der Waals surface area contributed by atoms with Crippen molar-refractivity contribution in [3.63, 3.8) is 0 Å². The van der Waals surface area contributed by atoms with Crippen LogP contribution in [0.25, 0.3) is 0 Å². The number of amides is 2. The lowest BCUT2D eigenvalue weighted by Crippen LogP contribution is -2.40. The van der Waals surface area contributed by atoms with Gasteiger partial charge in [-0.1, -0.05) is 0 Å². The molecule has 0 radical (unpaired) electrons. The van der Waals surface area contributed by atoms with Gasteiger partial charge in [0.15, 0.2) is 0 Å². The van der Waals surface area contributed by atoms with E-state index in [0.29, 0.717) is 44.0 Å². The quantitative estimate of drug-likeness (QED) is 0.857. The number of ether oxygens (including phenoxy) is 1. The largest absolute Gasteiger partial charge is 0.481 e. The number of aliphatic carboxylic acids is 1. The van der Waals surface area contributed by atoms with Gasteiger partial charge in [0.2, 0.25) is 5.91 Å². The van der Waals surface area contributed by atoms with Gasteiger partial charge in [-0.15, -0.1) is 0 Å². The standard InChI is InChI=1S/C16H18N2O5/c19-14(12-9-13(12)16(21)22)17-11-3-1-10(2-4-11)15(20)18-5-7-23-8-6-18/h1-4,12-13H,5-9H2,(H,17,19)(H,21,22). The number of carboxylic acids is 1. The lowest BCUT2D eigenvalue weighted by Gasteiger charge is -2.26. The second kappa shape index (κ2) is 6.37. The minimum atomic E-state index is -0.934. The number of nitrogens with zero attached hydrogens (tertiary/aromatic N) is 1. The molecule has 1 saturated heterocycles. The Kier molecular flexibility index (Phi) is 4.29. The number of morpholine rings is 1. The minimum Gasteiger partial charge on any atom is -0.481 e. The molecular weight excluding hydrogens is 300 g/mol. The van der Waals surface area contributed by atoms with Crippen molar-refractivity contribution < 1.29 is 24.2 Å². The lowest BCUT2D eigenvalue weighted by molar-refractivity contribution is -0.139. The fraction of sp³-hybridized carbons (Fsp3) is 0.438. The number of carboxylic acid groups (broad SMARTS) is 1. The molecule has 2 fully saturated rings. The van der Waals surface area contributed by atoms with Gasteiger partial charge in [0, 0.05) is 24.3 Å². The van der Waals surface area contributed by atoms with Gasteiger partial charge in [-0.2, -0.15) is 0 Å². The van der Waals surface area contributed by atoms with Crippen LogP contribution >= 0.6 is 0 Å². The van der Waals surface area contributed by atoms with Crippen molar-refractivity contribution in [2.75, 3.05) is 31.6 Å². The van der Waals surface area contributed by atoms with E-state index in [1.807, 2.05) is 0 Å². The van der Waals surface area contributed by atoms with Crippen LogP contribution in [-0.2, 0) is 14.3 Å². The molecule has 2 amide bonds. The molecule has 2 unspecified atom stereocenters. The van der Waals surface area contributed by atoms with Crippen LogP contribution < -0.4 is 5.32 Å². The maximum absolute atomic E-state index is 12.3. The first kappa shape index (κ1) is 15.5. The highest BCUT2D eigenvalue weighted by atomic mass is 16.5. The van der Waals surface area contributed by atoms with E-state index in [2.05, 4.69) is 5.32 Å². The molecule has 0 bridgehead atoms. The summed E-state index contributed by atoms with van der Waals surface area (Å²) in [4.78, 5) is 36.7. The van der Waals surface area contributed by atoms with E-state index in [9.17, 15) is 14.4 Å². The number of nitrogens with one attached hydrogen (secondary N) is 1. The van der Waals surface area contributed by atoms with Crippen molar-refractivity contribution in [1.29, 1.82) is 0 Å². The van der Waals surface area contributed by atoms with E-state index in [1.165, 1.54) is 0 Å². The van der Waals surface area contributed by atoms with Crippen molar-refractivity contribution in [1.82, 2.24) is 4.90 Å². The molecule has 7 heteroatoms. The van der Waals surface area contributed by atoms with E-state index in [0.717, 1.165) is 0 Å². The molecular formula is C16H18N2O5. The summed E-state index contributed by atoms with van der Waals surface area (Å²) in [5.41, 5.74) is 1.12. The third-order valence-corrected chi connectivity index (χ3v) is 4.14. The normalized spacial score (nSPS) is 23.2. The molecule has 23 heavy (non-hydrogen) atoms. The zero-order valence-electron chi connectivity index (χ0n) is 12.5. The van der Waals surface area contributed by atoms with Gasteiger partial charge in [0.05, 0.1) is 25.0 Å². The van der Waals surface area contributed by atoms with Gasteiger partial charge in [-0.25, -0.2) is 0 Å².